The maximum atomic E-state index is 10.9. The van der Waals surface area contributed by atoms with Gasteiger partial charge >= 0.3 is 0 Å². The third kappa shape index (κ3) is 2.23. The van der Waals surface area contributed by atoms with Crippen molar-refractivity contribution in [2.24, 2.45) is 0 Å². The second-order valence-electron chi connectivity index (χ2n) is 3.55. The maximum absolute atomic E-state index is 10.9. The summed E-state index contributed by atoms with van der Waals surface area (Å²) in [6.45, 7) is -1.63. The van der Waals surface area contributed by atoms with Crippen molar-refractivity contribution in [1.29, 1.82) is 0 Å². The Morgan fingerprint density at radius 3 is 2.35 bits per heavy atom. The van der Waals surface area contributed by atoms with Crippen molar-refractivity contribution in [2.45, 2.75) is 5.60 Å². The van der Waals surface area contributed by atoms with Crippen LogP contribution in [0.15, 0.2) is 12.1 Å². The Hall–Kier alpha value is -1.63. The molecule has 17 heavy (non-hydrogen) atoms. The number of ether oxygens (including phenoxy) is 1. The molecule has 6 nitrogen and oxygen atoms in total. The van der Waals surface area contributed by atoms with Crippen LogP contribution >= 0.6 is 0 Å². The topological polar surface area (TPSA) is 107 Å². The molecule has 0 unspecified atom stereocenters. The Balaban J connectivity index is 3.57. The molecule has 0 radical (unpaired) electrons. The highest BCUT2D eigenvalue weighted by Gasteiger charge is 2.35. The summed E-state index contributed by atoms with van der Waals surface area (Å²) in [6, 6.07) is 2.48. The molecule has 0 aliphatic rings. The number of hydrogen-bond acceptors (Lipinski definition) is 6. The molecule has 0 spiro atoms. The number of carbonyl (C=O) groups is 1. The fraction of sp³-hybridized carbons (Fsp3) is 0.364. The van der Waals surface area contributed by atoms with Crippen molar-refractivity contribution in [3.8, 4) is 11.5 Å². The number of aliphatic hydroxyl groups excluding tert-OH is 2. The van der Waals surface area contributed by atoms with Gasteiger partial charge in [0.05, 0.1) is 20.3 Å². The number of hydrogen-bond donors (Lipinski definition) is 4. The molecule has 0 aliphatic carbocycles. The van der Waals surface area contributed by atoms with Gasteiger partial charge in [-0.25, -0.2) is 0 Å². The summed E-state index contributed by atoms with van der Waals surface area (Å²) in [6.07, 6.45) is 0.438. The number of benzene rings is 1. The van der Waals surface area contributed by atoms with Crippen molar-refractivity contribution >= 4 is 6.29 Å². The summed E-state index contributed by atoms with van der Waals surface area (Å²) in [5.41, 5.74) is -2.18. The van der Waals surface area contributed by atoms with Crippen molar-refractivity contribution in [3.63, 3.8) is 0 Å². The lowest BCUT2D eigenvalue weighted by Gasteiger charge is -2.27. The van der Waals surface area contributed by atoms with E-state index in [2.05, 4.69) is 0 Å². The third-order valence-electron chi connectivity index (χ3n) is 2.49. The Kier molecular flexibility index (Phi) is 4.06. The third-order valence-corrected chi connectivity index (χ3v) is 2.49. The van der Waals surface area contributed by atoms with E-state index in [-0.39, 0.29) is 22.6 Å². The van der Waals surface area contributed by atoms with Crippen molar-refractivity contribution < 1.29 is 30.0 Å². The molecular weight excluding hydrogens is 228 g/mol. The van der Waals surface area contributed by atoms with Crippen LogP contribution in [0.1, 0.15) is 15.9 Å². The number of rotatable bonds is 5. The molecule has 4 N–H and O–H groups in total. The van der Waals surface area contributed by atoms with Gasteiger partial charge in [-0.1, -0.05) is 0 Å². The molecule has 6 heteroatoms. The molecule has 0 heterocycles. The van der Waals surface area contributed by atoms with Crippen molar-refractivity contribution in [3.05, 3.63) is 23.3 Å². The number of phenols is 1. The van der Waals surface area contributed by atoms with Gasteiger partial charge in [-0.15, -0.1) is 0 Å². The van der Waals surface area contributed by atoms with Crippen LogP contribution in [0.3, 0.4) is 0 Å². The van der Waals surface area contributed by atoms with Gasteiger partial charge in [0.1, 0.15) is 5.60 Å². The molecule has 1 aromatic carbocycles. The monoisotopic (exact) mass is 242 g/mol. The normalized spacial score (nSPS) is 11.3. The number of aromatic hydroxyl groups is 1. The van der Waals surface area contributed by atoms with Gasteiger partial charge in [-0.2, -0.15) is 0 Å². The molecule has 1 rings (SSSR count). The second kappa shape index (κ2) is 5.13. The largest absolute Gasteiger partial charge is 0.504 e. The summed E-state index contributed by atoms with van der Waals surface area (Å²) in [5.74, 6) is -0.450. The van der Waals surface area contributed by atoms with E-state index >= 15 is 0 Å². The van der Waals surface area contributed by atoms with Crippen LogP contribution in [-0.2, 0) is 5.60 Å². The number of aliphatic hydroxyl groups is 3. The van der Waals surface area contributed by atoms with Crippen LogP contribution < -0.4 is 4.74 Å². The lowest BCUT2D eigenvalue weighted by molar-refractivity contribution is -0.0615. The van der Waals surface area contributed by atoms with Gasteiger partial charge in [0.25, 0.3) is 0 Å². The Morgan fingerprint density at radius 1 is 1.35 bits per heavy atom. The Labute approximate surface area is 97.7 Å². The lowest BCUT2D eigenvalue weighted by atomic mass is 9.90. The van der Waals surface area contributed by atoms with E-state index in [1.54, 1.807) is 0 Å². The number of phenolic OH excluding ortho intramolecular Hbond substituents is 1. The summed E-state index contributed by atoms with van der Waals surface area (Å²) < 4.78 is 4.88. The smallest absolute Gasteiger partial charge is 0.167 e. The van der Waals surface area contributed by atoms with Gasteiger partial charge in [-0.05, 0) is 12.1 Å². The van der Waals surface area contributed by atoms with E-state index in [1.165, 1.54) is 19.2 Å². The van der Waals surface area contributed by atoms with Gasteiger partial charge in [-0.3, -0.25) is 4.79 Å². The minimum Gasteiger partial charge on any atom is -0.504 e. The van der Waals surface area contributed by atoms with Crippen LogP contribution in [0.25, 0.3) is 0 Å². The first kappa shape index (κ1) is 13.4. The fourth-order valence-electron chi connectivity index (χ4n) is 1.58. The van der Waals surface area contributed by atoms with E-state index in [9.17, 15) is 15.0 Å². The van der Waals surface area contributed by atoms with Crippen molar-refractivity contribution in [2.75, 3.05) is 20.3 Å². The first-order chi connectivity index (χ1) is 8.03. The molecular formula is C11H14O6. The first-order valence-corrected chi connectivity index (χ1v) is 4.83. The standard InChI is InChI=1S/C11H14O6/c1-17-10-8(15)3-2-7(4-12)9(10)11(16,5-13)6-14/h2-4,13-16H,5-6H2,1H3. The molecule has 0 aromatic heterocycles. The predicted molar refractivity (Wildman–Crippen MR) is 58.1 cm³/mol. The summed E-state index contributed by atoms with van der Waals surface area (Å²) >= 11 is 0. The number of aldehydes is 1. The van der Waals surface area contributed by atoms with Gasteiger partial charge < -0.3 is 25.2 Å². The quantitative estimate of drug-likeness (QED) is 0.513. The molecule has 0 saturated carbocycles. The molecule has 1 aromatic rings. The molecule has 0 fully saturated rings. The zero-order valence-corrected chi connectivity index (χ0v) is 9.25. The highest BCUT2D eigenvalue weighted by Crippen LogP contribution is 2.38. The molecule has 0 amide bonds. The highest BCUT2D eigenvalue weighted by molar-refractivity contribution is 5.80. The van der Waals surface area contributed by atoms with Gasteiger partial charge in [0.15, 0.2) is 17.8 Å². The maximum Gasteiger partial charge on any atom is 0.167 e. The average molecular weight is 242 g/mol. The summed E-state index contributed by atoms with van der Waals surface area (Å²) in [7, 11) is 1.24. The van der Waals surface area contributed by atoms with Crippen LogP contribution in [0.2, 0.25) is 0 Å². The Bertz CT molecular complexity index is 411. The number of carbonyl (C=O) groups excluding carboxylic acids is 1. The highest BCUT2D eigenvalue weighted by atomic mass is 16.5. The van der Waals surface area contributed by atoms with E-state index in [0.29, 0.717) is 6.29 Å². The van der Waals surface area contributed by atoms with Gasteiger partial charge in [0, 0.05) is 11.1 Å². The number of methoxy groups -OCH3 is 1. The molecule has 0 saturated heterocycles. The zero-order valence-electron chi connectivity index (χ0n) is 9.25. The molecule has 0 aliphatic heterocycles. The average Bonchev–Trinajstić information content (AvgIpc) is 2.37. The predicted octanol–water partition coefficient (Wildman–Crippen LogP) is -0.615. The molecule has 0 atom stereocenters. The summed E-state index contributed by atoms with van der Waals surface area (Å²) in [5, 5.41) is 37.8. The van der Waals surface area contributed by atoms with Crippen LogP contribution in [0, 0.1) is 0 Å². The lowest BCUT2D eigenvalue weighted by Crippen LogP contribution is -2.36. The second-order valence-corrected chi connectivity index (χ2v) is 3.55. The van der Waals surface area contributed by atoms with E-state index < -0.39 is 18.8 Å². The van der Waals surface area contributed by atoms with E-state index in [4.69, 9.17) is 14.9 Å². The minimum absolute atomic E-state index is 0.0188. The van der Waals surface area contributed by atoms with E-state index in [1.807, 2.05) is 0 Å². The van der Waals surface area contributed by atoms with Crippen LogP contribution in [0.4, 0.5) is 0 Å². The molecule has 94 valence electrons. The first-order valence-electron chi connectivity index (χ1n) is 4.83. The molecule has 0 bridgehead atoms. The fourth-order valence-corrected chi connectivity index (χ4v) is 1.58. The van der Waals surface area contributed by atoms with Crippen LogP contribution in [-0.4, -0.2) is 47.0 Å². The Morgan fingerprint density at radius 2 is 1.94 bits per heavy atom. The summed E-state index contributed by atoms with van der Waals surface area (Å²) in [4.78, 5) is 10.9. The van der Waals surface area contributed by atoms with Crippen LogP contribution in [0.5, 0.6) is 11.5 Å². The minimum atomic E-state index is -2.06. The van der Waals surface area contributed by atoms with Gasteiger partial charge in [0.2, 0.25) is 0 Å². The van der Waals surface area contributed by atoms with Crippen molar-refractivity contribution in [1.82, 2.24) is 0 Å². The zero-order chi connectivity index (χ0) is 13.1. The van der Waals surface area contributed by atoms with E-state index in [0.717, 1.165) is 0 Å². The SMILES string of the molecule is COc1c(O)ccc(C=O)c1C(O)(CO)CO.